The van der Waals surface area contributed by atoms with Crippen LogP contribution in [0.5, 0.6) is 0 Å². The topological polar surface area (TPSA) is 9.23 Å². The molecule has 4 rings (SSSR count). The Labute approximate surface area is 169 Å². The summed E-state index contributed by atoms with van der Waals surface area (Å²) in [4.78, 5) is 0. The average Bonchev–Trinajstić information content (AvgIpc) is 2.73. The molecule has 29 heavy (non-hydrogen) atoms. The van der Waals surface area contributed by atoms with Crippen LogP contribution < -0.4 is 0 Å². The second kappa shape index (κ2) is 8.03. The van der Waals surface area contributed by atoms with Crippen LogP contribution in [0, 0.1) is 0 Å². The standard InChI is InChI=1S/C25H23F3O/c1-2-3-17-4-6-18(7-5-17)19-8-10-20(11-9-19)21-12-13-22-15-24(25(26,27)28)29-16-23(22)14-21/h4-14,24H,2-3,15-16H2,1H3. The van der Waals surface area contributed by atoms with Crippen molar-refractivity contribution in [2.45, 2.75) is 45.1 Å². The Bertz CT molecular complexity index is 972. The van der Waals surface area contributed by atoms with Crippen molar-refractivity contribution >= 4 is 0 Å². The highest BCUT2D eigenvalue weighted by Crippen LogP contribution is 2.34. The zero-order valence-electron chi connectivity index (χ0n) is 16.3. The van der Waals surface area contributed by atoms with Gasteiger partial charge in [0.05, 0.1) is 6.61 Å². The summed E-state index contributed by atoms with van der Waals surface area (Å²) in [7, 11) is 0. The van der Waals surface area contributed by atoms with Crippen molar-refractivity contribution in [3.05, 3.63) is 83.4 Å². The van der Waals surface area contributed by atoms with E-state index in [4.69, 9.17) is 4.74 Å². The molecule has 1 heterocycles. The maximum absolute atomic E-state index is 12.9. The third-order valence-electron chi connectivity index (χ3n) is 5.46. The first kappa shape index (κ1) is 19.7. The van der Waals surface area contributed by atoms with Crippen LogP contribution in [-0.4, -0.2) is 12.3 Å². The first-order valence-electron chi connectivity index (χ1n) is 9.94. The zero-order chi connectivity index (χ0) is 20.4. The summed E-state index contributed by atoms with van der Waals surface area (Å²) in [6.07, 6.45) is -3.92. The molecular weight excluding hydrogens is 373 g/mol. The molecule has 0 saturated heterocycles. The van der Waals surface area contributed by atoms with Gasteiger partial charge >= 0.3 is 6.18 Å². The zero-order valence-corrected chi connectivity index (χ0v) is 16.3. The highest BCUT2D eigenvalue weighted by atomic mass is 19.4. The minimum absolute atomic E-state index is 0.00442. The maximum Gasteiger partial charge on any atom is 0.414 e. The molecule has 1 aliphatic heterocycles. The predicted molar refractivity (Wildman–Crippen MR) is 110 cm³/mol. The molecule has 0 saturated carbocycles. The molecular formula is C25H23F3O. The fraction of sp³-hybridized carbons (Fsp3) is 0.280. The van der Waals surface area contributed by atoms with Gasteiger partial charge in [-0.1, -0.05) is 74.0 Å². The Morgan fingerprint density at radius 1 is 0.793 bits per heavy atom. The number of fused-ring (bicyclic) bond motifs is 1. The van der Waals surface area contributed by atoms with Gasteiger partial charge in [-0.15, -0.1) is 0 Å². The third-order valence-corrected chi connectivity index (χ3v) is 5.46. The molecule has 1 nitrogen and oxygen atoms in total. The molecule has 0 spiro atoms. The quantitative estimate of drug-likeness (QED) is 0.462. The number of rotatable bonds is 4. The summed E-state index contributed by atoms with van der Waals surface area (Å²) in [6.45, 7) is 2.17. The van der Waals surface area contributed by atoms with E-state index < -0.39 is 12.3 Å². The van der Waals surface area contributed by atoms with Gasteiger partial charge in [0.15, 0.2) is 6.10 Å². The molecule has 150 valence electrons. The minimum Gasteiger partial charge on any atom is -0.364 e. The van der Waals surface area contributed by atoms with E-state index in [1.807, 2.05) is 12.1 Å². The van der Waals surface area contributed by atoms with Crippen molar-refractivity contribution in [2.24, 2.45) is 0 Å². The third kappa shape index (κ3) is 4.38. The fourth-order valence-electron chi connectivity index (χ4n) is 3.81. The van der Waals surface area contributed by atoms with Crippen LogP contribution in [0.4, 0.5) is 13.2 Å². The van der Waals surface area contributed by atoms with E-state index in [9.17, 15) is 13.2 Å². The van der Waals surface area contributed by atoms with Crippen LogP contribution >= 0.6 is 0 Å². The SMILES string of the molecule is CCCc1ccc(-c2ccc(-c3ccc4c(c3)COC(C(F)(F)F)C4)cc2)cc1. The Morgan fingerprint density at radius 2 is 1.34 bits per heavy atom. The Morgan fingerprint density at radius 3 is 1.93 bits per heavy atom. The molecule has 0 N–H and O–H groups in total. The average molecular weight is 396 g/mol. The molecule has 3 aromatic rings. The van der Waals surface area contributed by atoms with Crippen molar-refractivity contribution in [1.82, 2.24) is 0 Å². The fourth-order valence-corrected chi connectivity index (χ4v) is 3.81. The van der Waals surface area contributed by atoms with Crippen molar-refractivity contribution in [2.75, 3.05) is 0 Å². The molecule has 1 atom stereocenters. The van der Waals surface area contributed by atoms with Crippen molar-refractivity contribution in [3.63, 3.8) is 0 Å². The van der Waals surface area contributed by atoms with Crippen LogP contribution in [0.2, 0.25) is 0 Å². The van der Waals surface area contributed by atoms with Gasteiger partial charge < -0.3 is 4.74 Å². The first-order valence-corrected chi connectivity index (χ1v) is 9.94. The molecule has 0 aliphatic carbocycles. The molecule has 0 aromatic heterocycles. The number of aryl methyl sites for hydroxylation is 1. The van der Waals surface area contributed by atoms with Crippen LogP contribution in [-0.2, 0) is 24.2 Å². The Balaban J connectivity index is 1.52. The van der Waals surface area contributed by atoms with Crippen molar-refractivity contribution in [3.8, 4) is 22.3 Å². The van der Waals surface area contributed by atoms with Crippen molar-refractivity contribution in [1.29, 1.82) is 0 Å². The van der Waals surface area contributed by atoms with E-state index in [0.29, 0.717) is 5.56 Å². The summed E-state index contributed by atoms with van der Waals surface area (Å²) in [5, 5.41) is 0. The number of alkyl halides is 3. The van der Waals surface area contributed by atoms with E-state index in [-0.39, 0.29) is 13.0 Å². The second-order valence-corrected chi connectivity index (χ2v) is 7.55. The number of benzene rings is 3. The summed E-state index contributed by atoms with van der Waals surface area (Å²) in [6, 6.07) is 22.5. The highest BCUT2D eigenvalue weighted by Gasteiger charge is 2.42. The minimum atomic E-state index is -4.32. The highest BCUT2D eigenvalue weighted by molar-refractivity contribution is 5.71. The van der Waals surface area contributed by atoms with E-state index in [1.165, 1.54) is 11.1 Å². The number of hydrogen-bond acceptors (Lipinski definition) is 1. The second-order valence-electron chi connectivity index (χ2n) is 7.55. The predicted octanol–water partition coefficient (Wildman–Crippen LogP) is 6.98. The summed E-state index contributed by atoms with van der Waals surface area (Å²) < 4.78 is 43.7. The van der Waals surface area contributed by atoms with Crippen LogP contribution in [0.3, 0.4) is 0 Å². The van der Waals surface area contributed by atoms with Gasteiger partial charge in [0.2, 0.25) is 0 Å². The van der Waals surface area contributed by atoms with Crippen LogP contribution in [0.1, 0.15) is 30.0 Å². The Hall–Kier alpha value is -2.59. The van der Waals surface area contributed by atoms with E-state index in [2.05, 4.69) is 55.5 Å². The maximum atomic E-state index is 12.9. The lowest BCUT2D eigenvalue weighted by Crippen LogP contribution is -2.36. The summed E-state index contributed by atoms with van der Waals surface area (Å²) in [5.74, 6) is 0. The number of halogens is 3. The van der Waals surface area contributed by atoms with E-state index in [0.717, 1.165) is 35.1 Å². The van der Waals surface area contributed by atoms with Crippen LogP contribution in [0.25, 0.3) is 22.3 Å². The lowest BCUT2D eigenvalue weighted by molar-refractivity contribution is -0.226. The molecule has 0 radical (unpaired) electrons. The van der Waals surface area contributed by atoms with Gasteiger partial charge in [-0.05, 0) is 51.4 Å². The van der Waals surface area contributed by atoms with Gasteiger partial charge in [0.25, 0.3) is 0 Å². The lowest BCUT2D eigenvalue weighted by atomic mass is 9.93. The van der Waals surface area contributed by atoms with Crippen molar-refractivity contribution < 1.29 is 17.9 Å². The summed E-state index contributed by atoms with van der Waals surface area (Å²) >= 11 is 0. The smallest absolute Gasteiger partial charge is 0.364 e. The molecule has 4 heteroatoms. The number of hydrogen-bond donors (Lipinski definition) is 0. The van der Waals surface area contributed by atoms with Gasteiger partial charge in [-0.25, -0.2) is 0 Å². The van der Waals surface area contributed by atoms with Crippen LogP contribution in [0.15, 0.2) is 66.7 Å². The normalized spacial score (nSPS) is 16.5. The molecule has 1 unspecified atom stereocenters. The van der Waals surface area contributed by atoms with Gasteiger partial charge in [0.1, 0.15) is 0 Å². The summed E-state index contributed by atoms with van der Waals surface area (Å²) in [5.41, 5.74) is 7.24. The molecule has 0 fully saturated rings. The van der Waals surface area contributed by atoms with Gasteiger partial charge in [-0.2, -0.15) is 13.2 Å². The molecule has 0 amide bonds. The van der Waals surface area contributed by atoms with E-state index >= 15 is 0 Å². The molecule has 1 aliphatic rings. The van der Waals surface area contributed by atoms with Gasteiger partial charge in [0, 0.05) is 6.42 Å². The Kier molecular flexibility index (Phi) is 5.46. The molecule has 0 bridgehead atoms. The molecule has 3 aromatic carbocycles. The van der Waals surface area contributed by atoms with Gasteiger partial charge in [-0.3, -0.25) is 0 Å². The monoisotopic (exact) mass is 396 g/mol. The first-order chi connectivity index (χ1) is 13.9. The largest absolute Gasteiger partial charge is 0.414 e. The number of ether oxygens (including phenoxy) is 1. The lowest BCUT2D eigenvalue weighted by Gasteiger charge is -2.27. The van der Waals surface area contributed by atoms with E-state index in [1.54, 1.807) is 6.07 Å².